The molecule has 4 rings (SSSR count). The topological polar surface area (TPSA) is 186 Å². The third-order valence-corrected chi connectivity index (χ3v) is 8.85. The normalized spacial score (nSPS) is 11.1. The molecule has 13 nitrogen and oxygen atoms in total. The van der Waals surface area contributed by atoms with Crippen LogP contribution in [0.25, 0.3) is 10.9 Å². The Morgan fingerprint density at radius 1 is 1.13 bits per heavy atom. The number of nitriles is 1. The summed E-state index contributed by atoms with van der Waals surface area (Å²) in [4.78, 5) is 27.3. The predicted octanol–water partition coefficient (Wildman–Crippen LogP) is 4.88. The van der Waals surface area contributed by atoms with Crippen molar-refractivity contribution in [2.75, 3.05) is 37.5 Å². The summed E-state index contributed by atoms with van der Waals surface area (Å²) in [7, 11) is -2.64. The largest absolute Gasteiger partial charge is 0.493 e. The van der Waals surface area contributed by atoms with E-state index in [0.29, 0.717) is 45.9 Å². The van der Waals surface area contributed by atoms with Crippen molar-refractivity contribution in [1.29, 1.82) is 5.26 Å². The maximum absolute atomic E-state index is 12.9. The van der Waals surface area contributed by atoms with Crippen LogP contribution in [0.2, 0.25) is 0 Å². The minimum atomic E-state index is -4.18. The molecular weight excluding hydrogens is 680 g/mol. The van der Waals surface area contributed by atoms with Gasteiger partial charge < -0.3 is 20.1 Å². The number of carbonyl (C=O) groups is 1. The fourth-order valence-corrected chi connectivity index (χ4v) is 5.99. The van der Waals surface area contributed by atoms with E-state index in [2.05, 4.69) is 42.3 Å². The van der Waals surface area contributed by atoms with Crippen molar-refractivity contribution in [3.05, 3.63) is 87.6 Å². The van der Waals surface area contributed by atoms with Gasteiger partial charge in [-0.25, -0.2) is 13.1 Å². The fraction of sp³-hybridized carbons (Fsp3) is 0.258. The molecule has 0 saturated carbocycles. The van der Waals surface area contributed by atoms with Gasteiger partial charge in [-0.3, -0.25) is 19.9 Å². The average molecular weight is 712 g/mol. The van der Waals surface area contributed by atoms with Gasteiger partial charge in [-0.15, -0.1) is 0 Å². The van der Waals surface area contributed by atoms with Gasteiger partial charge in [0.15, 0.2) is 16.4 Å². The first-order valence-electron chi connectivity index (χ1n) is 14.0. The number of aromatic nitrogens is 1. The summed E-state index contributed by atoms with van der Waals surface area (Å²) in [5.41, 5.74) is 2.92. The molecule has 0 unspecified atom stereocenters. The van der Waals surface area contributed by atoms with Crippen molar-refractivity contribution >= 4 is 59.8 Å². The molecule has 4 aromatic rings. The maximum Gasteiger partial charge on any atom is 0.289 e. The number of halogens is 1. The molecule has 1 heterocycles. The number of amides is 1. The van der Waals surface area contributed by atoms with Gasteiger partial charge in [-0.2, -0.15) is 5.26 Å². The quantitative estimate of drug-likeness (QED) is 0.0665. The SMILES string of the molecule is COc1cc2ncc(C#N)c(Nc3cc(C)ccc3CC(=O)NCCNS(=O)(=O)c3ccccc3[N+](=O)[O-])c2cc1OCCCBr. The molecular formula is C31H31BrN6O7S. The van der Waals surface area contributed by atoms with Gasteiger partial charge in [0, 0.05) is 47.8 Å². The Hall–Kier alpha value is -4.78. The van der Waals surface area contributed by atoms with E-state index in [4.69, 9.17) is 9.47 Å². The number of nitrogens with zero attached hydrogens (tertiary/aromatic N) is 3. The van der Waals surface area contributed by atoms with Crippen molar-refractivity contribution in [2.45, 2.75) is 24.7 Å². The molecule has 0 aliphatic rings. The second kappa shape index (κ2) is 15.5. The lowest BCUT2D eigenvalue weighted by Gasteiger charge is -2.17. The third kappa shape index (κ3) is 8.27. The van der Waals surface area contributed by atoms with Gasteiger partial charge in [0.1, 0.15) is 6.07 Å². The summed E-state index contributed by atoms with van der Waals surface area (Å²) in [6.45, 7) is 2.11. The first kappa shape index (κ1) is 34.1. The number of ether oxygens (including phenoxy) is 2. The number of anilines is 2. The van der Waals surface area contributed by atoms with Gasteiger partial charge in [0.25, 0.3) is 5.69 Å². The number of pyridine rings is 1. The Labute approximate surface area is 274 Å². The van der Waals surface area contributed by atoms with E-state index < -0.39 is 25.5 Å². The molecule has 0 spiro atoms. The summed E-state index contributed by atoms with van der Waals surface area (Å²) in [6.07, 6.45) is 2.18. The zero-order chi connectivity index (χ0) is 33.3. The Morgan fingerprint density at radius 2 is 1.91 bits per heavy atom. The number of para-hydroxylation sites is 1. The molecule has 0 radical (unpaired) electrons. The van der Waals surface area contributed by atoms with Crippen LogP contribution in [0.5, 0.6) is 11.5 Å². The van der Waals surface area contributed by atoms with Crippen molar-refractivity contribution in [1.82, 2.24) is 15.0 Å². The van der Waals surface area contributed by atoms with Crippen molar-refractivity contribution in [3.63, 3.8) is 0 Å². The second-order valence-corrected chi connectivity index (χ2v) is 12.5. The number of alkyl halides is 1. The Morgan fingerprint density at radius 3 is 2.63 bits per heavy atom. The molecule has 3 aromatic carbocycles. The lowest BCUT2D eigenvalue weighted by atomic mass is 10.0. The van der Waals surface area contributed by atoms with Gasteiger partial charge >= 0.3 is 0 Å². The Bertz CT molecular complexity index is 1910. The Balaban J connectivity index is 1.51. The average Bonchev–Trinajstić information content (AvgIpc) is 3.04. The molecule has 0 bridgehead atoms. The second-order valence-electron chi connectivity index (χ2n) is 10.0. The van der Waals surface area contributed by atoms with E-state index >= 15 is 0 Å². The molecule has 46 heavy (non-hydrogen) atoms. The van der Waals surface area contributed by atoms with Crippen LogP contribution in [0, 0.1) is 28.4 Å². The molecule has 0 fully saturated rings. The molecule has 3 N–H and O–H groups in total. The number of benzene rings is 3. The number of hydrogen-bond donors (Lipinski definition) is 3. The van der Waals surface area contributed by atoms with Gasteiger partial charge in [-0.05, 0) is 42.7 Å². The first-order valence-corrected chi connectivity index (χ1v) is 16.6. The zero-order valence-electron chi connectivity index (χ0n) is 25.0. The van der Waals surface area contributed by atoms with E-state index in [-0.39, 0.29) is 31.0 Å². The van der Waals surface area contributed by atoms with E-state index in [1.54, 1.807) is 18.2 Å². The predicted molar refractivity (Wildman–Crippen MR) is 176 cm³/mol. The number of fused-ring (bicyclic) bond motifs is 1. The van der Waals surface area contributed by atoms with Crippen LogP contribution in [0.1, 0.15) is 23.1 Å². The lowest BCUT2D eigenvalue weighted by molar-refractivity contribution is -0.387. The molecule has 1 aromatic heterocycles. The summed E-state index contributed by atoms with van der Waals surface area (Å²) in [5.74, 6) is 0.615. The highest BCUT2D eigenvalue weighted by Gasteiger charge is 2.24. The minimum Gasteiger partial charge on any atom is -0.493 e. The van der Waals surface area contributed by atoms with Gasteiger partial charge in [-0.1, -0.05) is 40.2 Å². The van der Waals surface area contributed by atoms with Crippen LogP contribution in [-0.2, 0) is 21.2 Å². The van der Waals surface area contributed by atoms with Crippen LogP contribution in [0.4, 0.5) is 17.1 Å². The summed E-state index contributed by atoms with van der Waals surface area (Å²) >= 11 is 3.39. The maximum atomic E-state index is 12.9. The van der Waals surface area contributed by atoms with E-state index in [1.807, 2.05) is 19.1 Å². The molecule has 0 aliphatic heterocycles. The highest BCUT2D eigenvalue weighted by molar-refractivity contribution is 9.09. The number of nitro benzene ring substituents is 1. The van der Waals surface area contributed by atoms with Crippen LogP contribution in [0.15, 0.2) is 65.7 Å². The molecule has 0 atom stereocenters. The van der Waals surface area contributed by atoms with E-state index in [9.17, 15) is 28.6 Å². The van der Waals surface area contributed by atoms with Crippen LogP contribution in [-0.4, -0.2) is 56.4 Å². The van der Waals surface area contributed by atoms with Crippen molar-refractivity contribution < 1.29 is 27.6 Å². The minimum absolute atomic E-state index is 0.0550. The number of nitro groups is 1. The highest BCUT2D eigenvalue weighted by atomic mass is 79.9. The molecule has 1 amide bonds. The third-order valence-electron chi connectivity index (χ3n) is 6.78. The lowest BCUT2D eigenvalue weighted by Crippen LogP contribution is -2.35. The van der Waals surface area contributed by atoms with Gasteiger partial charge in [0.2, 0.25) is 15.9 Å². The highest BCUT2D eigenvalue weighted by Crippen LogP contribution is 2.38. The van der Waals surface area contributed by atoms with Crippen LogP contribution in [0.3, 0.4) is 0 Å². The number of sulfonamides is 1. The Kier molecular flexibility index (Phi) is 11.5. The van der Waals surface area contributed by atoms with Crippen molar-refractivity contribution in [2.24, 2.45) is 0 Å². The van der Waals surface area contributed by atoms with Gasteiger partial charge in [0.05, 0.1) is 41.8 Å². The van der Waals surface area contributed by atoms with Crippen molar-refractivity contribution in [3.8, 4) is 17.6 Å². The molecule has 240 valence electrons. The van der Waals surface area contributed by atoms with E-state index in [1.165, 1.54) is 25.4 Å². The summed E-state index contributed by atoms with van der Waals surface area (Å²) in [5, 5.41) is 28.6. The van der Waals surface area contributed by atoms with Crippen LogP contribution >= 0.6 is 15.9 Å². The molecule has 0 saturated heterocycles. The van der Waals surface area contributed by atoms with Crippen LogP contribution < -0.4 is 24.8 Å². The summed E-state index contributed by atoms with van der Waals surface area (Å²) < 4.78 is 39.0. The monoisotopic (exact) mass is 710 g/mol. The number of carbonyl (C=O) groups excluding carboxylic acids is 1. The summed E-state index contributed by atoms with van der Waals surface area (Å²) in [6, 6.07) is 16.2. The number of methoxy groups -OCH3 is 1. The van der Waals surface area contributed by atoms with E-state index in [0.717, 1.165) is 29.4 Å². The molecule has 0 aliphatic carbocycles. The smallest absolute Gasteiger partial charge is 0.289 e. The number of nitrogens with one attached hydrogen (secondary N) is 3. The fourth-order valence-electron chi connectivity index (χ4n) is 4.56. The first-order chi connectivity index (χ1) is 22.1. The standard InChI is InChI=1S/C31H31BrN6O7S/c1-20-8-9-21(15-30(39)34-11-12-36-46(42,43)29-7-4-3-6-26(29)38(40)41)24(14-20)37-31-22(18-33)19-35-25-17-27(44-2)28(16-23(25)31)45-13-5-10-32/h3-4,6-9,14,16-17,19,36H,5,10-13,15H2,1-2H3,(H,34,39)(H,35,37). The zero-order valence-corrected chi connectivity index (χ0v) is 27.4. The number of rotatable bonds is 15. The number of hydrogen-bond acceptors (Lipinski definition) is 10. The molecule has 15 heteroatoms. The number of aryl methyl sites for hydroxylation is 1.